The number of carbonyl (C=O) groups excluding carboxylic acids is 2. The van der Waals surface area contributed by atoms with E-state index in [1.165, 1.54) is 29.2 Å². The number of primary amides is 1. The number of terminal acetylenes is 1. The highest BCUT2D eigenvalue weighted by atomic mass is 32.1. The zero-order valence-corrected chi connectivity index (χ0v) is 12.9. The number of nitrogens with two attached hydrogens (primary N) is 2. The van der Waals surface area contributed by atoms with Crippen LogP contribution < -0.4 is 16.4 Å². The molecule has 6 nitrogen and oxygen atoms in total. The minimum absolute atomic E-state index is 0.0308. The Morgan fingerprint density at radius 2 is 2.00 bits per heavy atom. The van der Waals surface area contributed by atoms with Crippen molar-refractivity contribution >= 4 is 39.7 Å². The minimum atomic E-state index is -0.792. The van der Waals surface area contributed by atoms with Gasteiger partial charge < -0.3 is 16.4 Å². The third-order valence-corrected chi connectivity index (χ3v) is 4.16. The second kappa shape index (κ2) is 6.46. The lowest BCUT2D eigenvalue weighted by molar-refractivity contribution is -0.118. The van der Waals surface area contributed by atoms with Gasteiger partial charge in [-0.3, -0.25) is 9.59 Å². The number of amides is 1. The lowest BCUT2D eigenvalue weighted by Crippen LogP contribution is -2.39. The van der Waals surface area contributed by atoms with Crippen LogP contribution in [0.15, 0.2) is 24.3 Å². The fraction of sp³-hybridized carbons (Fsp3) is 0.133. The SMILES string of the molecule is C#CC(=O)c1sc(N(c2ccc(F)cc2)C(C)C(N)=O)nc1N. The molecule has 0 fully saturated rings. The molecule has 0 saturated carbocycles. The summed E-state index contributed by atoms with van der Waals surface area (Å²) in [5.41, 5.74) is 11.6. The maximum Gasteiger partial charge on any atom is 0.249 e. The van der Waals surface area contributed by atoms with Crippen molar-refractivity contribution in [3.8, 4) is 12.3 Å². The average Bonchev–Trinajstić information content (AvgIpc) is 2.90. The predicted octanol–water partition coefficient (Wildman–Crippen LogP) is 1.69. The van der Waals surface area contributed by atoms with Gasteiger partial charge in [0.05, 0.1) is 0 Å². The van der Waals surface area contributed by atoms with Crippen molar-refractivity contribution in [3.05, 3.63) is 35.0 Å². The molecule has 1 amide bonds. The monoisotopic (exact) mass is 332 g/mol. The number of anilines is 3. The molecular weight excluding hydrogens is 319 g/mol. The second-order valence-electron chi connectivity index (χ2n) is 4.61. The molecule has 8 heteroatoms. The molecule has 1 aromatic heterocycles. The van der Waals surface area contributed by atoms with Gasteiger partial charge in [-0.15, -0.1) is 6.42 Å². The smallest absolute Gasteiger partial charge is 0.249 e. The topological polar surface area (TPSA) is 102 Å². The van der Waals surface area contributed by atoms with Gasteiger partial charge >= 0.3 is 0 Å². The Morgan fingerprint density at radius 3 is 2.52 bits per heavy atom. The van der Waals surface area contributed by atoms with Crippen molar-refractivity contribution in [1.29, 1.82) is 0 Å². The Balaban J connectivity index is 2.55. The van der Waals surface area contributed by atoms with Crippen molar-refractivity contribution in [1.82, 2.24) is 4.98 Å². The van der Waals surface area contributed by atoms with Gasteiger partial charge in [0, 0.05) is 5.69 Å². The maximum atomic E-state index is 13.1. The van der Waals surface area contributed by atoms with Crippen molar-refractivity contribution in [2.24, 2.45) is 5.73 Å². The first-order valence-electron chi connectivity index (χ1n) is 6.46. The van der Waals surface area contributed by atoms with E-state index in [2.05, 4.69) is 4.98 Å². The van der Waals surface area contributed by atoms with E-state index in [-0.39, 0.29) is 15.8 Å². The van der Waals surface area contributed by atoms with E-state index < -0.39 is 23.5 Å². The quantitative estimate of drug-likeness (QED) is 0.493. The summed E-state index contributed by atoms with van der Waals surface area (Å²) in [6, 6.07) is 4.62. The summed E-state index contributed by atoms with van der Waals surface area (Å²) < 4.78 is 13.1. The highest BCUT2D eigenvalue weighted by molar-refractivity contribution is 7.18. The van der Waals surface area contributed by atoms with Gasteiger partial charge in [-0.1, -0.05) is 11.3 Å². The summed E-state index contributed by atoms with van der Waals surface area (Å²) in [6.45, 7) is 1.56. The molecule has 23 heavy (non-hydrogen) atoms. The van der Waals surface area contributed by atoms with E-state index in [0.717, 1.165) is 11.3 Å². The maximum absolute atomic E-state index is 13.1. The standard InChI is InChI=1S/C15H13FN4O2S/c1-3-11(21)12-13(17)19-15(23-12)20(8(2)14(18)22)10-6-4-9(16)5-7-10/h1,4-8H,17H2,2H3,(H2,18,22). The van der Waals surface area contributed by atoms with Crippen LogP contribution in [0.3, 0.4) is 0 Å². The molecule has 0 radical (unpaired) electrons. The number of nitrogen functional groups attached to an aromatic ring is 1. The van der Waals surface area contributed by atoms with Crippen LogP contribution in [0.5, 0.6) is 0 Å². The van der Waals surface area contributed by atoms with Crippen LogP contribution >= 0.6 is 11.3 Å². The number of hydrogen-bond donors (Lipinski definition) is 2. The van der Waals surface area contributed by atoms with Crippen molar-refractivity contribution in [3.63, 3.8) is 0 Å². The van der Waals surface area contributed by atoms with E-state index in [1.807, 2.05) is 5.92 Å². The average molecular weight is 332 g/mol. The Hall–Kier alpha value is -2.92. The van der Waals surface area contributed by atoms with Crippen molar-refractivity contribution in [2.75, 3.05) is 10.6 Å². The van der Waals surface area contributed by atoms with Gasteiger partial charge in [0.25, 0.3) is 0 Å². The third-order valence-electron chi connectivity index (χ3n) is 3.09. The summed E-state index contributed by atoms with van der Waals surface area (Å²) >= 11 is 0.941. The molecule has 118 valence electrons. The van der Waals surface area contributed by atoms with Crippen LogP contribution in [0, 0.1) is 18.2 Å². The van der Waals surface area contributed by atoms with E-state index in [9.17, 15) is 14.0 Å². The van der Waals surface area contributed by atoms with Crippen LogP contribution in [0.2, 0.25) is 0 Å². The van der Waals surface area contributed by atoms with Gasteiger partial charge in [-0.05, 0) is 37.1 Å². The minimum Gasteiger partial charge on any atom is -0.382 e. The molecule has 2 rings (SSSR count). The molecule has 0 spiro atoms. The molecule has 0 aliphatic rings. The van der Waals surface area contributed by atoms with Gasteiger partial charge in [-0.2, -0.15) is 0 Å². The molecule has 2 aromatic rings. The molecule has 1 heterocycles. The van der Waals surface area contributed by atoms with E-state index in [1.54, 1.807) is 6.92 Å². The summed E-state index contributed by atoms with van der Waals surface area (Å²) in [6.07, 6.45) is 5.09. The van der Waals surface area contributed by atoms with Crippen LogP contribution in [0.4, 0.5) is 21.0 Å². The van der Waals surface area contributed by atoms with E-state index >= 15 is 0 Å². The summed E-state index contributed by atoms with van der Waals surface area (Å²) in [4.78, 5) is 28.9. The largest absolute Gasteiger partial charge is 0.382 e. The Labute approximate surface area is 135 Å². The Kier molecular flexibility index (Phi) is 4.62. The Morgan fingerprint density at radius 1 is 1.39 bits per heavy atom. The number of carbonyl (C=O) groups is 2. The number of ketones is 1. The molecule has 0 aliphatic carbocycles. The third kappa shape index (κ3) is 3.30. The van der Waals surface area contributed by atoms with Crippen LogP contribution in [0.1, 0.15) is 16.6 Å². The molecule has 1 aromatic carbocycles. The number of thiazole rings is 1. The zero-order valence-electron chi connectivity index (χ0n) is 12.1. The number of aromatic nitrogens is 1. The number of Topliss-reactive ketones (excluding diaryl/α,β-unsaturated/α-hetero) is 1. The molecule has 1 unspecified atom stereocenters. The molecule has 4 N–H and O–H groups in total. The van der Waals surface area contributed by atoms with Crippen molar-refractivity contribution < 1.29 is 14.0 Å². The van der Waals surface area contributed by atoms with Gasteiger partial charge in [0.2, 0.25) is 11.7 Å². The van der Waals surface area contributed by atoms with Crippen LogP contribution in [0.25, 0.3) is 0 Å². The number of benzene rings is 1. The molecule has 0 saturated heterocycles. The molecular formula is C15H13FN4O2S. The van der Waals surface area contributed by atoms with E-state index in [0.29, 0.717) is 5.69 Å². The first kappa shape index (κ1) is 16.5. The first-order valence-corrected chi connectivity index (χ1v) is 7.28. The highest BCUT2D eigenvalue weighted by Crippen LogP contribution is 2.34. The number of rotatable bonds is 5. The fourth-order valence-electron chi connectivity index (χ4n) is 1.88. The number of hydrogen-bond acceptors (Lipinski definition) is 6. The summed E-state index contributed by atoms with van der Waals surface area (Å²) in [7, 11) is 0. The van der Waals surface area contributed by atoms with Gasteiger partial charge in [-0.25, -0.2) is 9.37 Å². The van der Waals surface area contributed by atoms with Gasteiger partial charge in [0.15, 0.2) is 5.13 Å². The Bertz CT molecular complexity index is 795. The lowest BCUT2D eigenvalue weighted by atomic mass is 10.2. The molecule has 1 atom stereocenters. The summed E-state index contributed by atoms with van der Waals surface area (Å²) in [5.74, 6) is 0.288. The first-order chi connectivity index (χ1) is 10.8. The number of halogens is 1. The lowest BCUT2D eigenvalue weighted by Gasteiger charge is -2.26. The van der Waals surface area contributed by atoms with E-state index in [4.69, 9.17) is 17.9 Å². The van der Waals surface area contributed by atoms with Crippen LogP contribution in [-0.4, -0.2) is 22.7 Å². The normalized spacial score (nSPS) is 11.5. The predicted molar refractivity (Wildman–Crippen MR) is 86.9 cm³/mol. The number of nitrogens with zero attached hydrogens (tertiary/aromatic N) is 2. The van der Waals surface area contributed by atoms with Crippen LogP contribution in [-0.2, 0) is 4.79 Å². The molecule has 0 bridgehead atoms. The second-order valence-corrected chi connectivity index (χ2v) is 5.59. The zero-order chi connectivity index (χ0) is 17.1. The van der Waals surface area contributed by atoms with Crippen molar-refractivity contribution in [2.45, 2.75) is 13.0 Å². The summed E-state index contributed by atoms with van der Waals surface area (Å²) in [5, 5.41) is 0.263. The highest BCUT2D eigenvalue weighted by Gasteiger charge is 2.26. The van der Waals surface area contributed by atoms with Gasteiger partial charge in [0.1, 0.15) is 22.6 Å². The fourth-order valence-corrected chi connectivity index (χ4v) is 2.87. The molecule has 0 aliphatic heterocycles.